The molecule has 0 radical (unpaired) electrons. The zero-order chi connectivity index (χ0) is 15.4. The fourth-order valence-corrected chi connectivity index (χ4v) is 3.96. The fourth-order valence-electron chi connectivity index (χ4n) is 3.96. The third-order valence-electron chi connectivity index (χ3n) is 5.45. The van der Waals surface area contributed by atoms with Gasteiger partial charge in [0.1, 0.15) is 0 Å². The van der Waals surface area contributed by atoms with Gasteiger partial charge >= 0.3 is 0 Å². The standard InChI is InChI=1S/C19H31N3.ClH/c1-3-21(4-2)14-16-9-12-22(13-10-16)15-18-7-5-6-17-8-11-20-19(17)18;/h5-7,16,20H,3-4,8-15H2,1-2H3;1H. The van der Waals surface area contributed by atoms with E-state index in [1.165, 1.54) is 68.8 Å². The molecule has 1 saturated heterocycles. The van der Waals surface area contributed by atoms with Gasteiger partial charge in [0.25, 0.3) is 0 Å². The van der Waals surface area contributed by atoms with Gasteiger partial charge in [-0.3, -0.25) is 4.90 Å². The number of halogens is 1. The van der Waals surface area contributed by atoms with Crippen LogP contribution in [0.5, 0.6) is 0 Å². The quantitative estimate of drug-likeness (QED) is 0.855. The number of rotatable bonds is 6. The first kappa shape index (κ1) is 18.6. The lowest BCUT2D eigenvalue weighted by molar-refractivity contribution is 0.143. The van der Waals surface area contributed by atoms with Crippen LogP contribution in [0.15, 0.2) is 18.2 Å². The summed E-state index contributed by atoms with van der Waals surface area (Å²) in [7, 11) is 0. The summed E-state index contributed by atoms with van der Waals surface area (Å²) in [5.41, 5.74) is 4.43. The molecule has 0 bridgehead atoms. The molecule has 0 aromatic heterocycles. The number of fused-ring (bicyclic) bond motifs is 1. The van der Waals surface area contributed by atoms with Gasteiger partial charge < -0.3 is 10.2 Å². The van der Waals surface area contributed by atoms with Crippen LogP contribution in [0.1, 0.15) is 37.8 Å². The molecule has 0 saturated carbocycles. The Bertz CT molecular complexity index is 480. The zero-order valence-electron chi connectivity index (χ0n) is 14.7. The van der Waals surface area contributed by atoms with Crippen LogP contribution in [-0.4, -0.2) is 49.1 Å². The van der Waals surface area contributed by atoms with Gasteiger partial charge in [0, 0.05) is 25.3 Å². The lowest BCUT2D eigenvalue weighted by atomic mass is 9.95. The number of anilines is 1. The van der Waals surface area contributed by atoms with Crippen LogP contribution < -0.4 is 5.32 Å². The Kier molecular flexibility index (Phi) is 7.19. The molecule has 0 spiro atoms. The Balaban J connectivity index is 0.00000192. The molecule has 1 aromatic rings. The van der Waals surface area contributed by atoms with Gasteiger partial charge in [-0.05, 0) is 62.5 Å². The topological polar surface area (TPSA) is 18.5 Å². The van der Waals surface area contributed by atoms with Crippen molar-refractivity contribution in [2.24, 2.45) is 5.92 Å². The van der Waals surface area contributed by atoms with Crippen LogP contribution in [0.2, 0.25) is 0 Å². The van der Waals surface area contributed by atoms with Crippen molar-refractivity contribution in [1.29, 1.82) is 0 Å². The first-order chi connectivity index (χ1) is 10.8. The molecule has 3 nitrogen and oxygen atoms in total. The Morgan fingerprint density at radius 3 is 2.61 bits per heavy atom. The second-order valence-electron chi connectivity index (χ2n) is 6.83. The highest BCUT2D eigenvalue weighted by Gasteiger charge is 2.22. The van der Waals surface area contributed by atoms with Crippen molar-refractivity contribution >= 4 is 18.1 Å². The number of piperidine rings is 1. The summed E-state index contributed by atoms with van der Waals surface area (Å²) in [5.74, 6) is 0.899. The number of para-hydroxylation sites is 1. The van der Waals surface area contributed by atoms with Crippen molar-refractivity contribution in [3.8, 4) is 0 Å². The van der Waals surface area contributed by atoms with Gasteiger partial charge in [-0.1, -0.05) is 32.0 Å². The molecule has 130 valence electrons. The average molecular weight is 338 g/mol. The van der Waals surface area contributed by atoms with E-state index in [9.17, 15) is 0 Å². The first-order valence-corrected chi connectivity index (χ1v) is 9.09. The monoisotopic (exact) mass is 337 g/mol. The lowest BCUT2D eigenvalue weighted by Crippen LogP contribution is -2.38. The molecule has 3 rings (SSSR count). The first-order valence-electron chi connectivity index (χ1n) is 9.09. The molecular formula is C19H32ClN3. The molecule has 2 heterocycles. The van der Waals surface area contributed by atoms with E-state index in [1.54, 1.807) is 0 Å². The van der Waals surface area contributed by atoms with Gasteiger partial charge in [-0.2, -0.15) is 0 Å². The number of likely N-dealkylation sites (tertiary alicyclic amines) is 1. The van der Waals surface area contributed by atoms with Crippen molar-refractivity contribution in [2.45, 2.75) is 39.7 Å². The minimum atomic E-state index is 0. The van der Waals surface area contributed by atoms with Crippen LogP contribution in [0.4, 0.5) is 5.69 Å². The second-order valence-corrected chi connectivity index (χ2v) is 6.83. The molecule has 0 amide bonds. The highest BCUT2D eigenvalue weighted by Crippen LogP contribution is 2.28. The maximum absolute atomic E-state index is 3.58. The zero-order valence-corrected chi connectivity index (χ0v) is 15.5. The van der Waals surface area contributed by atoms with Crippen LogP contribution in [-0.2, 0) is 13.0 Å². The summed E-state index contributed by atoms with van der Waals surface area (Å²) < 4.78 is 0. The molecule has 1 N–H and O–H groups in total. The summed E-state index contributed by atoms with van der Waals surface area (Å²) in [6, 6.07) is 6.81. The van der Waals surface area contributed by atoms with Crippen molar-refractivity contribution in [1.82, 2.24) is 9.80 Å². The second kappa shape index (κ2) is 8.91. The van der Waals surface area contributed by atoms with E-state index in [0.717, 1.165) is 19.0 Å². The highest BCUT2D eigenvalue weighted by atomic mass is 35.5. The van der Waals surface area contributed by atoms with Crippen LogP contribution in [0, 0.1) is 5.92 Å². The van der Waals surface area contributed by atoms with E-state index in [2.05, 4.69) is 47.2 Å². The third kappa shape index (κ3) is 4.62. The highest BCUT2D eigenvalue weighted by molar-refractivity contribution is 5.85. The van der Waals surface area contributed by atoms with Gasteiger partial charge in [0.2, 0.25) is 0 Å². The summed E-state index contributed by atoms with van der Waals surface area (Å²) in [6.45, 7) is 13.0. The summed E-state index contributed by atoms with van der Waals surface area (Å²) in [5, 5.41) is 3.58. The molecule has 0 aliphatic carbocycles. The van der Waals surface area contributed by atoms with E-state index in [-0.39, 0.29) is 12.4 Å². The van der Waals surface area contributed by atoms with Crippen LogP contribution >= 0.6 is 12.4 Å². The number of hydrogen-bond acceptors (Lipinski definition) is 3. The molecule has 2 aliphatic heterocycles. The minimum Gasteiger partial charge on any atom is -0.384 e. The minimum absolute atomic E-state index is 0. The molecule has 1 aromatic carbocycles. The van der Waals surface area contributed by atoms with Crippen molar-refractivity contribution in [2.75, 3.05) is 44.6 Å². The number of nitrogens with one attached hydrogen (secondary N) is 1. The predicted octanol–water partition coefficient (Wildman–Crippen LogP) is 3.63. The van der Waals surface area contributed by atoms with E-state index in [0.29, 0.717) is 0 Å². The fraction of sp³-hybridized carbons (Fsp3) is 0.684. The average Bonchev–Trinajstić information content (AvgIpc) is 3.04. The van der Waals surface area contributed by atoms with E-state index in [1.807, 2.05) is 0 Å². The molecule has 23 heavy (non-hydrogen) atoms. The predicted molar refractivity (Wildman–Crippen MR) is 102 cm³/mol. The van der Waals surface area contributed by atoms with Gasteiger partial charge in [0.05, 0.1) is 0 Å². The van der Waals surface area contributed by atoms with Crippen LogP contribution in [0.25, 0.3) is 0 Å². The Morgan fingerprint density at radius 2 is 1.91 bits per heavy atom. The van der Waals surface area contributed by atoms with Crippen LogP contribution in [0.3, 0.4) is 0 Å². The Labute approximate surface area is 147 Å². The van der Waals surface area contributed by atoms with E-state index >= 15 is 0 Å². The van der Waals surface area contributed by atoms with Gasteiger partial charge in [-0.15, -0.1) is 12.4 Å². The smallest absolute Gasteiger partial charge is 0.0419 e. The maximum Gasteiger partial charge on any atom is 0.0419 e. The van der Waals surface area contributed by atoms with Gasteiger partial charge in [-0.25, -0.2) is 0 Å². The Hall–Kier alpha value is -0.770. The van der Waals surface area contributed by atoms with Crippen molar-refractivity contribution in [3.05, 3.63) is 29.3 Å². The molecule has 1 fully saturated rings. The molecule has 4 heteroatoms. The number of benzene rings is 1. The van der Waals surface area contributed by atoms with Crippen molar-refractivity contribution < 1.29 is 0 Å². The maximum atomic E-state index is 3.58. The molecule has 2 aliphatic rings. The summed E-state index contributed by atoms with van der Waals surface area (Å²) in [4.78, 5) is 5.22. The number of hydrogen-bond donors (Lipinski definition) is 1. The largest absolute Gasteiger partial charge is 0.384 e. The van der Waals surface area contributed by atoms with Gasteiger partial charge in [0.15, 0.2) is 0 Å². The SMILES string of the molecule is CCN(CC)CC1CCN(Cc2cccc3c2NCC3)CC1.Cl. The third-order valence-corrected chi connectivity index (χ3v) is 5.45. The summed E-state index contributed by atoms with van der Waals surface area (Å²) >= 11 is 0. The molecule has 0 atom stereocenters. The lowest BCUT2D eigenvalue weighted by Gasteiger charge is -2.34. The molecule has 0 unspecified atom stereocenters. The van der Waals surface area contributed by atoms with E-state index < -0.39 is 0 Å². The Morgan fingerprint density at radius 1 is 1.17 bits per heavy atom. The number of nitrogens with zero attached hydrogens (tertiary/aromatic N) is 2. The molecular weight excluding hydrogens is 306 g/mol. The summed E-state index contributed by atoms with van der Waals surface area (Å²) in [6.07, 6.45) is 3.91. The normalized spacial score (nSPS) is 18.6. The van der Waals surface area contributed by atoms with Crippen molar-refractivity contribution in [3.63, 3.8) is 0 Å². The van der Waals surface area contributed by atoms with E-state index in [4.69, 9.17) is 0 Å².